The lowest BCUT2D eigenvalue weighted by Gasteiger charge is -2.32. The van der Waals surface area contributed by atoms with Crippen LogP contribution in [0, 0.1) is 0 Å². The molecule has 88 valence electrons. The average molecular weight is 260 g/mol. The molecular weight excluding hydrogens is 245 g/mol. The van der Waals surface area contributed by atoms with Gasteiger partial charge in [0.2, 0.25) is 0 Å². The second-order valence-electron chi connectivity index (χ2n) is 4.00. The van der Waals surface area contributed by atoms with Gasteiger partial charge in [-0.1, -0.05) is 29.3 Å². The molecular formula is C12H15Cl2NO. The van der Waals surface area contributed by atoms with Gasteiger partial charge in [-0.2, -0.15) is 0 Å². The zero-order valence-electron chi connectivity index (χ0n) is 9.25. The van der Waals surface area contributed by atoms with Crippen LogP contribution in [-0.4, -0.2) is 31.2 Å². The molecule has 2 rings (SSSR count). The zero-order chi connectivity index (χ0) is 11.5. The maximum Gasteiger partial charge on any atom is 0.0595 e. The highest BCUT2D eigenvalue weighted by Crippen LogP contribution is 2.28. The molecule has 0 aliphatic carbocycles. The van der Waals surface area contributed by atoms with E-state index >= 15 is 0 Å². The van der Waals surface area contributed by atoms with Crippen LogP contribution in [0.5, 0.6) is 0 Å². The van der Waals surface area contributed by atoms with Gasteiger partial charge in [-0.25, -0.2) is 0 Å². The molecule has 1 aromatic rings. The lowest BCUT2D eigenvalue weighted by atomic mass is 10.1. The average Bonchev–Trinajstić information content (AvgIpc) is 2.33. The van der Waals surface area contributed by atoms with E-state index < -0.39 is 0 Å². The first-order valence-electron chi connectivity index (χ1n) is 5.45. The summed E-state index contributed by atoms with van der Waals surface area (Å²) in [5.41, 5.74) is 1.20. The van der Waals surface area contributed by atoms with Crippen LogP contribution in [0.2, 0.25) is 10.0 Å². The smallest absolute Gasteiger partial charge is 0.0595 e. The molecule has 4 heteroatoms. The molecule has 1 saturated heterocycles. The summed E-state index contributed by atoms with van der Waals surface area (Å²) in [5, 5.41) is 1.24. The lowest BCUT2D eigenvalue weighted by Crippen LogP contribution is -2.38. The minimum atomic E-state index is 0.360. The van der Waals surface area contributed by atoms with Crippen LogP contribution >= 0.6 is 23.2 Å². The molecule has 1 aromatic carbocycles. The fourth-order valence-corrected chi connectivity index (χ4v) is 2.25. The molecule has 1 fully saturated rings. The Morgan fingerprint density at radius 3 is 2.50 bits per heavy atom. The third-order valence-corrected chi connectivity index (χ3v) is 3.76. The van der Waals surface area contributed by atoms with Crippen LogP contribution < -0.4 is 0 Å². The fraction of sp³-hybridized carbons (Fsp3) is 0.500. The van der Waals surface area contributed by atoms with E-state index in [1.807, 2.05) is 18.2 Å². The third kappa shape index (κ3) is 2.69. The molecule has 1 heterocycles. The van der Waals surface area contributed by atoms with Gasteiger partial charge in [0.05, 0.1) is 23.3 Å². The predicted octanol–water partition coefficient (Wildman–Crippen LogP) is 3.39. The highest BCUT2D eigenvalue weighted by atomic mass is 35.5. The number of benzene rings is 1. The summed E-state index contributed by atoms with van der Waals surface area (Å²) in [7, 11) is 0. The Balaban J connectivity index is 2.12. The van der Waals surface area contributed by atoms with Crippen LogP contribution in [0.25, 0.3) is 0 Å². The molecule has 2 nitrogen and oxygen atoms in total. The van der Waals surface area contributed by atoms with Crippen molar-refractivity contribution < 1.29 is 4.74 Å². The minimum absolute atomic E-state index is 0.360. The zero-order valence-corrected chi connectivity index (χ0v) is 10.8. The van der Waals surface area contributed by atoms with E-state index in [9.17, 15) is 0 Å². The van der Waals surface area contributed by atoms with Gasteiger partial charge in [0.1, 0.15) is 0 Å². The van der Waals surface area contributed by atoms with Gasteiger partial charge in [-0.3, -0.25) is 4.90 Å². The van der Waals surface area contributed by atoms with Crippen molar-refractivity contribution in [1.29, 1.82) is 0 Å². The first kappa shape index (κ1) is 12.2. The summed E-state index contributed by atoms with van der Waals surface area (Å²) < 4.78 is 5.34. The Hall–Kier alpha value is -0.280. The highest BCUT2D eigenvalue weighted by Gasteiger charge is 2.18. The van der Waals surface area contributed by atoms with Crippen LogP contribution in [0.3, 0.4) is 0 Å². The Kier molecular flexibility index (Phi) is 4.09. The fourth-order valence-electron chi connectivity index (χ4n) is 1.95. The van der Waals surface area contributed by atoms with Gasteiger partial charge in [0.15, 0.2) is 0 Å². The third-order valence-electron chi connectivity index (χ3n) is 3.02. The Morgan fingerprint density at radius 2 is 1.88 bits per heavy atom. The van der Waals surface area contributed by atoms with Gasteiger partial charge in [-0.05, 0) is 24.6 Å². The summed E-state index contributed by atoms with van der Waals surface area (Å²) >= 11 is 11.9. The topological polar surface area (TPSA) is 12.5 Å². The summed E-state index contributed by atoms with van der Waals surface area (Å²) in [6.07, 6.45) is 0. The van der Waals surface area contributed by atoms with Crippen molar-refractivity contribution in [3.63, 3.8) is 0 Å². The summed E-state index contributed by atoms with van der Waals surface area (Å²) in [5.74, 6) is 0. The monoisotopic (exact) mass is 259 g/mol. The van der Waals surface area contributed by atoms with Crippen LogP contribution in [0.15, 0.2) is 18.2 Å². The molecule has 0 bridgehead atoms. The van der Waals surface area contributed by atoms with E-state index in [2.05, 4.69) is 11.8 Å². The second-order valence-corrected chi connectivity index (χ2v) is 4.81. The number of rotatable bonds is 2. The number of nitrogens with zero attached hydrogens (tertiary/aromatic N) is 1. The second kappa shape index (κ2) is 5.37. The maximum atomic E-state index is 6.02. The van der Waals surface area contributed by atoms with Crippen molar-refractivity contribution >= 4 is 23.2 Å². The molecule has 0 radical (unpaired) electrons. The molecule has 1 aliphatic heterocycles. The normalized spacial score (nSPS) is 19.7. The Labute approximate surface area is 106 Å². The standard InChI is InChI=1S/C12H15Cl2NO/c1-9(15-4-6-16-7-5-15)10-2-3-11(13)12(14)8-10/h2-3,8-9H,4-7H2,1H3/t9-/m0/s1. The minimum Gasteiger partial charge on any atom is -0.379 e. The number of morpholine rings is 1. The summed E-state index contributed by atoms with van der Waals surface area (Å²) in [6, 6.07) is 6.20. The van der Waals surface area contributed by atoms with Crippen molar-refractivity contribution in [3.05, 3.63) is 33.8 Å². The van der Waals surface area contributed by atoms with Gasteiger partial charge >= 0.3 is 0 Å². The quantitative estimate of drug-likeness (QED) is 0.808. The van der Waals surface area contributed by atoms with E-state index in [0.717, 1.165) is 26.3 Å². The van der Waals surface area contributed by atoms with E-state index in [0.29, 0.717) is 16.1 Å². The molecule has 1 atom stereocenters. The SMILES string of the molecule is C[C@@H](c1ccc(Cl)c(Cl)c1)N1CCOCC1. The van der Waals surface area contributed by atoms with Gasteiger partial charge < -0.3 is 4.74 Å². The first-order chi connectivity index (χ1) is 7.68. The van der Waals surface area contributed by atoms with E-state index in [4.69, 9.17) is 27.9 Å². The van der Waals surface area contributed by atoms with Gasteiger partial charge in [0.25, 0.3) is 0 Å². The number of hydrogen-bond acceptors (Lipinski definition) is 2. The molecule has 0 saturated carbocycles. The summed E-state index contributed by atoms with van der Waals surface area (Å²) in [6.45, 7) is 5.75. The number of ether oxygens (including phenoxy) is 1. The summed E-state index contributed by atoms with van der Waals surface area (Å²) in [4.78, 5) is 2.39. The number of hydrogen-bond donors (Lipinski definition) is 0. The van der Waals surface area contributed by atoms with Crippen molar-refractivity contribution in [3.8, 4) is 0 Å². The maximum absolute atomic E-state index is 6.02. The molecule has 0 aromatic heterocycles. The largest absolute Gasteiger partial charge is 0.379 e. The molecule has 0 unspecified atom stereocenters. The van der Waals surface area contributed by atoms with Crippen molar-refractivity contribution in [2.45, 2.75) is 13.0 Å². The first-order valence-corrected chi connectivity index (χ1v) is 6.21. The van der Waals surface area contributed by atoms with Crippen molar-refractivity contribution in [2.24, 2.45) is 0 Å². The van der Waals surface area contributed by atoms with E-state index in [-0.39, 0.29) is 0 Å². The van der Waals surface area contributed by atoms with Crippen molar-refractivity contribution in [2.75, 3.05) is 26.3 Å². The molecule has 16 heavy (non-hydrogen) atoms. The van der Waals surface area contributed by atoms with Crippen LogP contribution in [-0.2, 0) is 4.74 Å². The van der Waals surface area contributed by atoms with Gasteiger partial charge in [-0.15, -0.1) is 0 Å². The van der Waals surface area contributed by atoms with Crippen LogP contribution in [0.1, 0.15) is 18.5 Å². The van der Waals surface area contributed by atoms with E-state index in [1.54, 1.807) is 0 Å². The molecule has 1 aliphatic rings. The van der Waals surface area contributed by atoms with E-state index in [1.165, 1.54) is 5.56 Å². The molecule has 0 spiro atoms. The number of halogens is 2. The van der Waals surface area contributed by atoms with Crippen LogP contribution in [0.4, 0.5) is 0 Å². The Bertz CT molecular complexity index is 364. The molecule has 0 amide bonds. The predicted molar refractivity (Wildman–Crippen MR) is 67.3 cm³/mol. The van der Waals surface area contributed by atoms with Gasteiger partial charge in [0, 0.05) is 19.1 Å². The van der Waals surface area contributed by atoms with Crippen molar-refractivity contribution in [1.82, 2.24) is 4.90 Å². The highest BCUT2D eigenvalue weighted by molar-refractivity contribution is 6.42. The molecule has 0 N–H and O–H groups in total. The lowest BCUT2D eigenvalue weighted by molar-refractivity contribution is 0.0198. The Morgan fingerprint density at radius 1 is 1.19 bits per heavy atom.